The van der Waals surface area contributed by atoms with E-state index in [4.69, 9.17) is 4.74 Å². The second-order valence-corrected chi connectivity index (χ2v) is 10.4. The number of aryl methyl sites for hydroxylation is 3. The molecule has 1 aliphatic heterocycles. The summed E-state index contributed by atoms with van der Waals surface area (Å²) in [5, 5.41) is 0.900. The van der Waals surface area contributed by atoms with Gasteiger partial charge < -0.3 is 9.72 Å². The molecule has 1 fully saturated rings. The minimum absolute atomic E-state index is 0.00562. The molecule has 31 heavy (non-hydrogen) atoms. The van der Waals surface area contributed by atoms with Gasteiger partial charge in [0.2, 0.25) is 10.0 Å². The number of sulfonamides is 1. The molecule has 0 spiro atoms. The van der Waals surface area contributed by atoms with Crippen LogP contribution in [0.15, 0.2) is 52.2 Å². The molecule has 0 amide bonds. The van der Waals surface area contributed by atoms with E-state index in [2.05, 4.69) is 4.98 Å². The fraction of sp³-hybridized carbons (Fsp3) is 0.375. The number of benzene rings is 2. The second kappa shape index (κ2) is 8.57. The van der Waals surface area contributed by atoms with Crippen molar-refractivity contribution in [3.05, 3.63) is 75.1 Å². The predicted molar refractivity (Wildman–Crippen MR) is 122 cm³/mol. The topological polar surface area (TPSA) is 79.5 Å². The number of aromatic nitrogens is 1. The van der Waals surface area contributed by atoms with Crippen LogP contribution in [0.1, 0.15) is 35.1 Å². The number of rotatable bonds is 6. The molecule has 1 atom stereocenters. The number of pyridine rings is 1. The molecule has 1 aliphatic rings. The van der Waals surface area contributed by atoms with E-state index >= 15 is 0 Å². The highest BCUT2D eigenvalue weighted by molar-refractivity contribution is 7.89. The number of nitrogens with one attached hydrogen (secondary N) is 1. The monoisotopic (exact) mass is 440 g/mol. The molecule has 2 heterocycles. The van der Waals surface area contributed by atoms with Gasteiger partial charge >= 0.3 is 0 Å². The van der Waals surface area contributed by atoms with Crippen LogP contribution in [0.2, 0.25) is 0 Å². The highest BCUT2D eigenvalue weighted by Gasteiger charge is 2.30. The first-order valence-corrected chi connectivity index (χ1v) is 12.0. The van der Waals surface area contributed by atoms with E-state index in [1.807, 2.05) is 32.9 Å². The lowest BCUT2D eigenvalue weighted by Gasteiger charge is -2.25. The van der Waals surface area contributed by atoms with Crippen molar-refractivity contribution < 1.29 is 13.2 Å². The van der Waals surface area contributed by atoms with Crippen molar-refractivity contribution in [1.82, 2.24) is 9.29 Å². The number of aromatic amines is 1. The first-order valence-electron chi connectivity index (χ1n) is 10.6. The predicted octanol–water partition coefficient (Wildman–Crippen LogP) is 3.82. The van der Waals surface area contributed by atoms with Crippen LogP contribution in [0, 0.1) is 20.8 Å². The number of ether oxygens (including phenoxy) is 1. The molecule has 7 heteroatoms. The molecule has 0 saturated carbocycles. The average Bonchev–Trinajstić information content (AvgIpc) is 3.22. The van der Waals surface area contributed by atoms with Gasteiger partial charge in [-0.25, -0.2) is 8.42 Å². The van der Waals surface area contributed by atoms with Crippen molar-refractivity contribution in [3.63, 3.8) is 0 Å². The van der Waals surface area contributed by atoms with E-state index in [1.165, 1.54) is 4.31 Å². The highest BCUT2D eigenvalue weighted by atomic mass is 32.2. The largest absolute Gasteiger partial charge is 0.377 e. The molecule has 2 aromatic carbocycles. The SMILES string of the molecule is Cc1ccc(S(=O)(=O)N(Cc2cc3cc(C)cc(C)c3[nH]c2=O)C[C@@H]2CCCO2)cc1. The van der Waals surface area contributed by atoms with Crippen LogP contribution in [0.25, 0.3) is 10.9 Å². The Hall–Kier alpha value is -2.48. The Bertz CT molecular complexity index is 1260. The maximum Gasteiger partial charge on any atom is 0.252 e. The Labute approximate surface area is 182 Å². The zero-order valence-electron chi connectivity index (χ0n) is 18.1. The van der Waals surface area contributed by atoms with E-state index in [9.17, 15) is 13.2 Å². The fourth-order valence-corrected chi connectivity index (χ4v) is 5.61. The van der Waals surface area contributed by atoms with Gasteiger partial charge in [-0.2, -0.15) is 4.31 Å². The standard InChI is InChI=1S/C24H28N2O4S/c1-16-6-8-22(9-7-16)31(28,29)26(15-21-5-4-10-30-21)14-20-13-19-12-17(2)11-18(3)23(19)25-24(20)27/h6-9,11-13,21H,4-5,10,14-15H2,1-3H3,(H,25,27)/t21-/m0/s1. The Kier molecular flexibility index (Phi) is 6.01. The Morgan fingerprint density at radius 3 is 2.48 bits per heavy atom. The zero-order valence-corrected chi connectivity index (χ0v) is 19.0. The first kappa shape index (κ1) is 21.7. The van der Waals surface area contributed by atoms with Crippen LogP contribution in [0.4, 0.5) is 0 Å². The number of hydrogen-bond donors (Lipinski definition) is 1. The minimum atomic E-state index is -3.79. The second-order valence-electron chi connectivity index (χ2n) is 8.42. The fourth-order valence-electron chi connectivity index (χ4n) is 4.16. The smallest absolute Gasteiger partial charge is 0.252 e. The van der Waals surface area contributed by atoms with Crippen LogP contribution in [0.5, 0.6) is 0 Å². The first-order chi connectivity index (χ1) is 14.7. The van der Waals surface area contributed by atoms with Gasteiger partial charge in [0.25, 0.3) is 5.56 Å². The third kappa shape index (κ3) is 4.59. The summed E-state index contributed by atoms with van der Waals surface area (Å²) in [7, 11) is -3.79. The van der Waals surface area contributed by atoms with Crippen molar-refractivity contribution in [1.29, 1.82) is 0 Å². The normalized spacial score (nSPS) is 17.0. The molecule has 0 radical (unpaired) electrons. The molecule has 0 aliphatic carbocycles. The lowest BCUT2D eigenvalue weighted by Crippen LogP contribution is -2.38. The number of fused-ring (bicyclic) bond motifs is 1. The summed E-state index contributed by atoms with van der Waals surface area (Å²) in [6.07, 6.45) is 1.56. The van der Waals surface area contributed by atoms with Gasteiger partial charge in [0, 0.05) is 25.3 Å². The van der Waals surface area contributed by atoms with Gasteiger partial charge in [-0.15, -0.1) is 0 Å². The minimum Gasteiger partial charge on any atom is -0.377 e. The van der Waals surface area contributed by atoms with Crippen molar-refractivity contribution in [2.75, 3.05) is 13.2 Å². The van der Waals surface area contributed by atoms with Crippen LogP contribution < -0.4 is 5.56 Å². The summed E-state index contributed by atoms with van der Waals surface area (Å²) in [4.78, 5) is 16.0. The van der Waals surface area contributed by atoms with E-state index in [0.29, 0.717) is 12.2 Å². The van der Waals surface area contributed by atoms with Crippen molar-refractivity contribution in [2.45, 2.75) is 51.2 Å². The van der Waals surface area contributed by atoms with E-state index in [1.54, 1.807) is 30.3 Å². The maximum absolute atomic E-state index is 13.5. The van der Waals surface area contributed by atoms with Crippen LogP contribution in [0.3, 0.4) is 0 Å². The lowest BCUT2D eigenvalue weighted by molar-refractivity contribution is 0.0925. The molecule has 0 unspecified atom stereocenters. The van der Waals surface area contributed by atoms with Gasteiger partial charge in [-0.05, 0) is 68.8 Å². The van der Waals surface area contributed by atoms with Crippen LogP contribution >= 0.6 is 0 Å². The third-order valence-electron chi connectivity index (χ3n) is 5.81. The van der Waals surface area contributed by atoms with Gasteiger partial charge in [0.05, 0.1) is 16.5 Å². The number of nitrogens with zero attached hydrogens (tertiary/aromatic N) is 1. The molecule has 1 saturated heterocycles. The Morgan fingerprint density at radius 1 is 1.06 bits per heavy atom. The summed E-state index contributed by atoms with van der Waals surface area (Å²) in [6, 6.07) is 12.6. The Morgan fingerprint density at radius 2 is 1.81 bits per heavy atom. The van der Waals surface area contributed by atoms with Crippen LogP contribution in [-0.4, -0.2) is 37.0 Å². The molecule has 1 N–H and O–H groups in total. The van der Waals surface area contributed by atoms with Gasteiger partial charge in [0.15, 0.2) is 0 Å². The van der Waals surface area contributed by atoms with Crippen molar-refractivity contribution in [2.24, 2.45) is 0 Å². The maximum atomic E-state index is 13.5. The van der Waals surface area contributed by atoms with Crippen molar-refractivity contribution >= 4 is 20.9 Å². The van der Waals surface area contributed by atoms with Gasteiger partial charge in [-0.3, -0.25) is 4.79 Å². The lowest BCUT2D eigenvalue weighted by atomic mass is 10.1. The zero-order chi connectivity index (χ0) is 22.2. The molecule has 4 rings (SSSR count). The molecule has 1 aromatic heterocycles. The summed E-state index contributed by atoms with van der Waals surface area (Å²) >= 11 is 0. The number of H-pyrrole nitrogens is 1. The summed E-state index contributed by atoms with van der Waals surface area (Å²) < 4.78 is 34.0. The molecule has 0 bridgehead atoms. The van der Waals surface area contributed by atoms with E-state index in [0.717, 1.165) is 40.4 Å². The average molecular weight is 441 g/mol. The van der Waals surface area contributed by atoms with Crippen LogP contribution in [-0.2, 0) is 21.3 Å². The highest BCUT2D eigenvalue weighted by Crippen LogP contribution is 2.24. The van der Waals surface area contributed by atoms with E-state index < -0.39 is 10.0 Å². The molecule has 164 valence electrons. The molecule has 6 nitrogen and oxygen atoms in total. The van der Waals surface area contributed by atoms with E-state index in [-0.39, 0.29) is 29.6 Å². The van der Waals surface area contributed by atoms with Gasteiger partial charge in [0.1, 0.15) is 0 Å². The van der Waals surface area contributed by atoms with Crippen molar-refractivity contribution in [3.8, 4) is 0 Å². The summed E-state index contributed by atoms with van der Waals surface area (Å²) in [5.74, 6) is 0. The quantitative estimate of drug-likeness (QED) is 0.632. The molecular formula is C24H28N2O4S. The number of hydrogen-bond acceptors (Lipinski definition) is 4. The molecule has 3 aromatic rings. The Balaban J connectivity index is 1.74. The summed E-state index contributed by atoms with van der Waals surface area (Å²) in [5.41, 5.74) is 4.00. The summed E-state index contributed by atoms with van der Waals surface area (Å²) in [6.45, 7) is 6.73. The molecular weight excluding hydrogens is 412 g/mol. The third-order valence-corrected chi connectivity index (χ3v) is 7.63. The van der Waals surface area contributed by atoms with Gasteiger partial charge in [-0.1, -0.05) is 29.3 Å².